The minimum Gasteiger partial charge on any atom is -0.396 e. The highest BCUT2D eigenvalue weighted by Gasteiger charge is 2.19. The molecule has 2 nitrogen and oxygen atoms in total. The first kappa shape index (κ1) is 13.3. The Balaban J connectivity index is 2.81. The molecule has 0 radical (unpaired) electrons. The normalized spacial score (nSPS) is 11.6. The van der Waals surface area contributed by atoms with E-state index in [1.807, 2.05) is 25.8 Å². The third kappa shape index (κ3) is 3.35. The van der Waals surface area contributed by atoms with E-state index in [-0.39, 0.29) is 17.0 Å². The summed E-state index contributed by atoms with van der Waals surface area (Å²) in [6.07, 6.45) is 0. The lowest BCUT2D eigenvalue weighted by Gasteiger charge is -2.30. The Bertz CT molecular complexity index is 368. The maximum absolute atomic E-state index is 13.0. The zero-order valence-corrected chi connectivity index (χ0v) is 10.6. The summed E-state index contributed by atoms with van der Waals surface area (Å²) in [5.74, 6) is -0.416. The highest BCUT2D eigenvalue weighted by Crippen LogP contribution is 2.24. The second kappa shape index (κ2) is 5.02. The molecule has 16 heavy (non-hydrogen) atoms. The molecule has 1 aromatic carbocycles. The molecule has 4 heteroatoms. The van der Waals surface area contributed by atoms with Crippen LogP contribution < -0.4 is 4.90 Å². The van der Waals surface area contributed by atoms with Crippen molar-refractivity contribution in [2.75, 3.05) is 25.1 Å². The van der Waals surface area contributed by atoms with E-state index in [1.54, 1.807) is 12.1 Å². The van der Waals surface area contributed by atoms with Crippen LogP contribution in [0.1, 0.15) is 13.8 Å². The molecule has 0 aliphatic rings. The average Bonchev–Trinajstić information content (AvgIpc) is 2.21. The fourth-order valence-electron chi connectivity index (χ4n) is 1.51. The fraction of sp³-hybridized carbons (Fsp3) is 0.500. The van der Waals surface area contributed by atoms with E-state index in [1.165, 1.54) is 6.07 Å². The molecule has 0 fully saturated rings. The van der Waals surface area contributed by atoms with Gasteiger partial charge in [-0.2, -0.15) is 0 Å². The molecule has 0 saturated heterocycles. The van der Waals surface area contributed by atoms with Gasteiger partial charge in [0.25, 0.3) is 0 Å². The van der Waals surface area contributed by atoms with E-state index in [4.69, 9.17) is 11.6 Å². The summed E-state index contributed by atoms with van der Waals surface area (Å²) < 4.78 is 13.0. The van der Waals surface area contributed by atoms with Crippen molar-refractivity contribution < 1.29 is 9.50 Å². The first-order valence-corrected chi connectivity index (χ1v) is 5.50. The van der Waals surface area contributed by atoms with Gasteiger partial charge in [0.15, 0.2) is 0 Å². The summed E-state index contributed by atoms with van der Waals surface area (Å²) >= 11 is 5.71. The van der Waals surface area contributed by atoms with Crippen molar-refractivity contribution >= 4 is 17.3 Å². The van der Waals surface area contributed by atoms with Crippen LogP contribution in [0, 0.1) is 11.2 Å². The van der Waals surface area contributed by atoms with Crippen molar-refractivity contribution in [2.24, 2.45) is 5.41 Å². The molecule has 0 aliphatic heterocycles. The van der Waals surface area contributed by atoms with Gasteiger partial charge in [-0.25, -0.2) is 4.39 Å². The second-order valence-corrected chi connectivity index (χ2v) is 5.18. The van der Waals surface area contributed by atoms with Crippen LogP contribution in [0.2, 0.25) is 5.02 Å². The maximum Gasteiger partial charge on any atom is 0.141 e. The average molecular weight is 246 g/mol. The van der Waals surface area contributed by atoms with Crippen molar-refractivity contribution in [1.29, 1.82) is 0 Å². The number of benzene rings is 1. The molecule has 0 aliphatic carbocycles. The van der Waals surface area contributed by atoms with Crippen molar-refractivity contribution in [1.82, 2.24) is 0 Å². The van der Waals surface area contributed by atoms with E-state index in [2.05, 4.69) is 0 Å². The number of rotatable bonds is 4. The third-order valence-electron chi connectivity index (χ3n) is 2.44. The summed E-state index contributed by atoms with van der Waals surface area (Å²) in [5, 5.41) is 9.29. The van der Waals surface area contributed by atoms with E-state index < -0.39 is 5.82 Å². The highest BCUT2D eigenvalue weighted by atomic mass is 35.5. The van der Waals surface area contributed by atoms with E-state index in [0.717, 1.165) is 5.69 Å². The van der Waals surface area contributed by atoms with Crippen molar-refractivity contribution in [3.63, 3.8) is 0 Å². The Hall–Kier alpha value is -0.800. The summed E-state index contributed by atoms with van der Waals surface area (Å²) in [5.41, 5.74) is 0.642. The molecule has 90 valence electrons. The minimum absolute atomic E-state index is 0.103. The molecular formula is C12H17ClFNO. The number of nitrogens with zero attached hydrogens (tertiary/aromatic N) is 1. The quantitative estimate of drug-likeness (QED) is 0.882. The highest BCUT2D eigenvalue weighted by molar-refractivity contribution is 6.31. The third-order valence-corrected chi connectivity index (χ3v) is 2.73. The monoisotopic (exact) mass is 245 g/mol. The van der Waals surface area contributed by atoms with Crippen LogP contribution in [0.4, 0.5) is 10.1 Å². The molecule has 0 bridgehead atoms. The fourth-order valence-corrected chi connectivity index (χ4v) is 1.68. The number of hydrogen-bond acceptors (Lipinski definition) is 2. The predicted octanol–water partition coefficient (Wildman–Crippen LogP) is 2.93. The topological polar surface area (TPSA) is 23.5 Å². The van der Waals surface area contributed by atoms with E-state index in [0.29, 0.717) is 6.54 Å². The zero-order chi connectivity index (χ0) is 12.3. The first-order chi connectivity index (χ1) is 7.35. The Morgan fingerprint density at radius 2 is 2.06 bits per heavy atom. The SMILES string of the molecule is CN(CC(C)(C)CO)c1ccc(F)c(Cl)c1. The van der Waals surface area contributed by atoms with Crippen LogP contribution in [0.15, 0.2) is 18.2 Å². The molecular weight excluding hydrogens is 229 g/mol. The van der Waals surface area contributed by atoms with Gasteiger partial charge in [-0.05, 0) is 18.2 Å². The van der Waals surface area contributed by atoms with Crippen molar-refractivity contribution in [2.45, 2.75) is 13.8 Å². The number of aliphatic hydroxyl groups is 1. The summed E-state index contributed by atoms with van der Waals surface area (Å²) in [6, 6.07) is 4.61. The van der Waals surface area contributed by atoms with Crippen molar-refractivity contribution in [3.05, 3.63) is 29.0 Å². The molecule has 0 saturated carbocycles. The molecule has 0 unspecified atom stereocenters. The predicted molar refractivity (Wildman–Crippen MR) is 65.5 cm³/mol. The lowest BCUT2D eigenvalue weighted by atomic mass is 9.94. The second-order valence-electron chi connectivity index (χ2n) is 4.78. The van der Waals surface area contributed by atoms with Gasteiger partial charge in [0.1, 0.15) is 5.82 Å². The molecule has 0 aromatic heterocycles. The van der Waals surface area contributed by atoms with Gasteiger partial charge in [-0.15, -0.1) is 0 Å². The Morgan fingerprint density at radius 1 is 1.44 bits per heavy atom. The zero-order valence-electron chi connectivity index (χ0n) is 9.80. The van der Waals surface area contributed by atoms with Gasteiger partial charge in [0.05, 0.1) is 5.02 Å². The van der Waals surface area contributed by atoms with Gasteiger partial charge in [-0.1, -0.05) is 25.4 Å². The van der Waals surface area contributed by atoms with Gasteiger partial charge < -0.3 is 10.0 Å². The van der Waals surface area contributed by atoms with Crippen molar-refractivity contribution in [3.8, 4) is 0 Å². The smallest absolute Gasteiger partial charge is 0.141 e. The Morgan fingerprint density at radius 3 is 2.56 bits per heavy atom. The number of aliphatic hydroxyl groups excluding tert-OH is 1. The summed E-state index contributed by atoms with van der Waals surface area (Å²) in [7, 11) is 1.89. The Kier molecular flexibility index (Phi) is 4.16. The van der Waals surface area contributed by atoms with E-state index >= 15 is 0 Å². The number of halogens is 2. The van der Waals surface area contributed by atoms with Crippen LogP contribution in [-0.4, -0.2) is 25.3 Å². The molecule has 1 aromatic rings. The van der Waals surface area contributed by atoms with Gasteiger partial charge >= 0.3 is 0 Å². The molecule has 0 spiro atoms. The molecule has 1 N–H and O–H groups in total. The largest absolute Gasteiger partial charge is 0.396 e. The number of anilines is 1. The van der Waals surface area contributed by atoms with E-state index in [9.17, 15) is 9.50 Å². The van der Waals surface area contributed by atoms with Crippen LogP contribution >= 0.6 is 11.6 Å². The van der Waals surface area contributed by atoms with Gasteiger partial charge in [0.2, 0.25) is 0 Å². The molecule has 0 heterocycles. The Labute approximate surface area is 101 Å². The van der Waals surface area contributed by atoms with Gasteiger partial charge in [0, 0.05) is 31.3 Å². The van der Waals surface area contributed by atoms with Crippen LogP contribution in [0.3, 0.4) is 0 Å². The maximum atomic E-state index is 13.0. The summed E-state index contributed by atoms with van der Waals surface area (Å²) in [4.78, 5) is 1.95. The minimum atomic E-state index is -0.416. The number of hydrogen-bond donors (Lipinski definition) is 1. The molecule has 0 atom stereocenters. The van der Waals surface area contributed by atoms with Crippen LogP contribution in [-0.2, 0) is 0 Å². The summed E-state index contributed by atoms with van der Waals surface area (Å²) in [6.45, 7) is 4.71. The van der Waals surface area contributed by atoms with Gasteiger partial charge in [-0.3, -0.25) is 0 Å². The molecule has 0 amide bonds. The first-order valence-electron chi connectivity index (χ1n) is 5.13. The lowest BCUT2D eigenvalue weighted by Crippen LogP contribution is -2.33. The molecule has 1 rings (SSSR count). The standard InChI is InChI=1S/C12H17ClFNO/c1-12(2,8-16)7-15(3)9-4-5-11(14)10(13)6-9/h4-6,16H,7-8H2,1-3H3. The van der Waals surface area contributed by atoms with Crippen LogP contribution in [0.25, 0.3) is 0 Å². The lowest BCUT2D eigenvalue weighted by molar-refractivity contribution is 0.165. The van der Waals surface area contributed by atoms with Crippen LogP contribution in [0.5, 0.6) is 0 Å².